The molecule has 0 bridgehead atoms. The van der Waals surface area contributed by atoms with Crippen molar-refractivity contribution in [2.45, 2.75) is 25.8 Å². The van der Waals surface area contributed by atoms with Crippen LogP contribution in [0.15, 0.2) is 58.5 Å². The third-order valence-corrected chi connectivity index (χ3v) is 5.76. The standard InChI is InChI=1S/C21H19ClN4O2S/c1-2-5-17-20(28)26-19(24-17)15-6-3-4-7-16(15)25-21(26)29-12-18(27)23-14-10-8-13(22)9-11-14/h3-4,6-11,17H,2,5,12H2,1H3,(H,23,27)/t17-/m1/s1. The fraction of sp³-hybridized carbons (Fsp3) is 0.238. The van der Waals surface area contributed by atoms with E-state index < -0.39 is 6.04 Å². The molecule has 2 amide bonds. The van der Waals surface area contributed by atoms with Crippen LogP contribution in [-0.2, 0) is 9.59 Å². The van der Waals surface area contributed by atoms with Gasteiger partial charge >= 0.3 is 0 Å². The minimum atomic E-state index is -0.394. The number of amidine groups is 2. The second-order valence-corrected chi connectivity index (χ2v) is 8.07. The minimum Gasteiger partial charge on any atom is -0.325 e. The summed E-state index contributed by atoms with van der Waals surface area (Å²) in [6, 6.07) is 14.1. The van der Waals surface area contributed by atoms with Crippen LogP contribution in [0.1, 0.15) is 25.3 Å². The normalized spacial score (nSPS) is 17.4. The van der Waals surface area contributed by atoms with Gasteiger partial charge in [0.05, 0.1) is 11.4 Å². The van der Waals surface area contributed by atoms with Crippen LogP contribution in [0.4, 0.5) is 11.4 Å². The Morgan fingerprint density at radius 3 is 2.72 bits per heavy atom. The highest BCUT2D eigenvalue weighted by Crippen LogP contribution is 2.34. The zero-order valence-electron chi connectivity index (χ0n) is 15.8. The lowest BCUT2D eigenvalue weighted by Gasteiger charge is -2.25. The van der Waals surface area contributed by atoms with Gasteiger partial charge in [0.2, 0.25) is 5.91 Å². The number of benzene rings is 2. The maximum atomic E-state index is 12.9. The van der Waals surface area contributed by atoms with Crippen molar-refractivity contribution < 1.29 is 9.59 Å². The van der Waals surface area contributed by atoms with Gasteiger partial charge in [0.1, 0.15) is 11.9 Å². The Labute approximate surface area is 178 Å². The van der Waals surface area contributed by atoms with Gasteiger partial charge in [-0.05, 0) is 42.8 Å². The van der Waals surface area contributed by atoms with Crippen molar-refractivity contribution in [1.29, 1.82) is 0 Å². The molecule has 0 saturated heterocycles. The number of anilines is 1. The highest BCUT2D eigenvalue weighted by Gasteiger charge is 2.40. The summed E-state index contributed by atoms with van der Waals surface area (Å²) in [7, 11) is 0. The molecule has 0 radical (unpaired) electrons. The third kappa shape index (κ3) is 4.06. The van der Waals surface area contributed by atoms with Gasteiger partial charge in [-0.3, -0.25) is 14.6 Å². The lowest BCUT2D eigenvalue weighted by atomic mass is 10.1. The summed E-state index contributed by atoms with van der Waals surface area (Å²) in [5.74, 6) is 0.480. The molecule has 0 aromatic heterocycles. The van der Waals surface area contributed by atoms with Crippen LogP contribution in [0.2, 0.25) is 5.02 Å². The molecule has 2 heterocycles. The first kappa shape index (κ1) is 19.7. The number of fused-ring (bicyclic) bond motifs is 3. The van der Waals surface area contributed by atoms with Gasteiger partial charge in [0.25, 0.3) is 5.91 Å². The Hall–Kier alpha value is -2.64. The van der Waals surface area contributed by atoms with Crippen LogP contribution in [0.25, 0.3) is 0 Å². The minimum absolute atomic E-state index is 0.0827. The average Bonchev–Trinajstić information content (AvgIpc) is 3.05. The molecule has 2 aliphatic heterocycles. The van der Waals surface area contributed by atoms with E-state index in [4.69, 9.17) is 11.6 Å². The number of amides is 2. The Morgan fingerprint density at radius 1 is 1.21 bits per heavy atom. The Balaban J connectivity index is 1.53. The first-order valence-electron chi connectivity index (χ1n) is 9.35. The van der Waals surface area contributed by atoms with E-state index in [1.165, 1.54) is 11.8 Å². The van der Waals surface area contributed by atoms with Gasteiger partial charge in [-0.25, -0.2) is 9.89 Å². The molecule has 0 unspecified atom stereocenters. The lowest BCUT2D eigenvalue weighted by Crippen LogP contribution is -2.41. The van der Waals surface area contributed by atoms with E-state index in [2.05, 4.69) is 15.3 Å². The number of hydrogen-bond donors (Lipinski definition) is 1. The number of nitrogens with zero attached hydrogens (tertiary/aromatic N) is 3. The number of aliphatic imine (C=N–C) groups is 2. The van der Waals surface area contributed by atoms with Crippen molar-refractivity contribution in [3.05, 3.63) is 59.1 Å². The van der Waals surface area contributed by atoms with Gasteiger partial charge in [0.15, 0.2) is 5.17 Å². The van der Waals surface area contributed by atoms with Gasteiger partial charge in [-0.15, -0.1) is 0 Å². The SMILES string of the molecule is CCC[C@H]1N=C2c3ccccc3N=C(SCC(=O)Nc3ccc(Cl)cc3)N2C1=O. The zero-order valence-corrected chi connectivity index (χ0v) is 17.3. The van der Waals surface area contributed by atoms with E-state index in [1.807, 2.05) is 31.2 Å². The number of halogens is 1. The van der Waals surface area contributed by atoms with Crippen LogP contribution in [0.5, 0.6) is 0 Å². The van der Waals surface area contributed by atoms with Gasteiger partial charge in [0, 0.05) is 16.3 Å². The first-order valence-corrected chi connectivity index (χ1v) is 10.7. The molecule has 4 rings (SSSR count). The summed E-state index contributed by atoms with van der Waals surface area (Å²) < 4.78 is 0. The van der Waals surface area contributed by atoms with Crippen molar-refractivity contribution in [2.75, 3.05) is 11.1 Å². The number of thioether (sulfide) groups is 1. The largest absolute Gasteiger partial charge is 0.325 e. The Bertz CT molecular complexity index is 1020. The fourth-order valence-electron chi connectivity index (χ4n) is 3.22. The number of carbonyl (C=O) groups is 2. The van der Waals surface area contributed by atoms with E-state index in [-0.39, 0.29) is 17.6 Å². The molecule has 2 aromatic rings. The van der Waals surface area contributed by atoms with E-state index in [9.17, 15) is 9.59 Å². The quantitative estimate of drug-likeness (QED) is 0.766. The molecule has 1 N–H and O–H groups in total. The maximum absolute atomic E-state index is 12.9. The Morgan fingerprint density at radius 2 is 1.97 bits per heavy atom. The summed E-state index contributed by atoms with van der Waals surface area (Å²) in [6.45, 7) is 2.03. The molecule has 0 saturated carbocycles. The summed E-state index contributed by atoms with van der Waals surface area (Å²) in [4.78, 5) is 36.1. The molecule has 29 heavy (non-hydrogen) atoms. The van der Waals surface area contributed by atoms with Crippen LogP contribution in [0, 0.1) is 0 Å². The molecular weight excluding hydrogens is 408 g/mol. The van der Waals surface area contributed by atoms with E-state index in [0.717, 1.165) is 17.7 Å². The van der Waals surface area contributed by atoms with Gasteiger partial charge in [-0.1, -0.05) is 48.8 Å². The number of para-hydroxylation sites is 1. The van der Waals surface area contributed by atoms with Crippen LogP contribution < -0.4 is 5.32 Å². The molecule has 6 nitrogen and oxygen atoms in total. The number of carbonyl (C=O) groups excluding carboxylic acids is 2. The highest BCUT2D eigenvalue weighted by atomic mass is 35.5. The van der Waals surface area contributed by atoms with Crippen molar-refractivity contribution >= 4 is 57.6 Å². The van der Waals surface area contributed by atoms with Crippen LogP contribution in [-0.4, -0.2) is 39.5 Å². The topological polar surface area (TPSA) is 74.1 Å². The average molecular weight is 427 g/mol. The molecule has 0 aliphatic carbocycles. The molecule has 8 heteroatoms. The van der Waals surface area contributed by atoms with Crippen molar-refractivity contribution in [1.82, 2.24) is 4.90 Å². The van der Waals surface area contributed by atoms with E-state index >= 15 is 0 Å². The van der Waals surface area contributed by atoms with Crippen molar-refractivity contribution in [3.8, 4) is 0 Å². The van der Waals surface area contributed by atoms with Crippen molar-refractivity contribution in [2.24, 2.45) is 9.98 Å². The summed E-state index contributed by atoms with van der Waals surface area (Å²) >= 11 is 7.10. The van der Waals surface area contributed by atoms with Crippen LogP contribution in [0.3, 0.4) is 0 Å². The molecular formula is C21H19ClN4O2S. The summed E-state index contributed by atoms with van der Waals surface area (Å²) in [6.07, 6.45) is 1.56. The molecule has 0 fully saturated rings. The monoisotopic (exact) mass is 426 g/mol. The maximum Gasteiger partial charge on any atom is 0.259 e. The molecule has 2 aromatic carbocycles. The van der Waals surface area contributed by atoms with Crippen LogP contribution >= 0.6 is 23.4 Å². The lowest BCUT2D eigenvalue weighted by molar-refractivity contribution is -0.124. The predicted molar refractivity (Wildman–Crippen MR) is 118 cm³/mol. The smallest absolute Gasteiger partial charge is 0.259 e. The van der Waals surface area contributed by atoms with Gasteiger partial charge in [-0.2, -0.15) is 0 Å². The van der Waals surface area contributed by atoms with E-state index in [0.29, 0.717) is 28.1 Å². The number of nitrogens with one attached hydrogen (secondary N) is 1. The number of rotatable bonds is 5. The predicted octanol–water partition coefficient (Wildman–Crippen LogP) is 4.47. The first-order chi connectivity index (χ1) is 14.1. The number of hydrogen-bond acceptors (Lipinski definition) is 5. The van der Waals surface area contributed by atoms with Crippen molar-refractivity contribution in [3.63, 3.8) is 0 Å². The molecule has 148 valence electrons. The second kappa shape index (κ2) is 8.39. The van der Waals surface area contributed by atoms with E-state index in [1.54, 1.807) is 29.2 Å². The molecule has 2 aliphatic rings. The zero-order chi connectivity index (χ0) is 20.4. The highest BCUT2D eigenvalue weighted by molar-refractivity contribution is 8.14. The third-order valence-electron chi connectivity index (χ3n) is 4.57. The molecule has 1 atom stereocenters. The molecule has 0 spiro atoms. The second-order valence-electron chi connectivity index (χ2n) is 6.69. The fourth-order valence-corrected chi connectivity index (χ4v) is 4.15. The van der Waals surface area contributed by atoms with Gasteiger partial charge < -0.3 is 5.32 Å². The summed E-state index contributed by atoms with van der Waals surface area (Å²) in [5.41, 5.74) is 2.26. The summed E-state index contributed by atoms with van der Waals surface area (Å²) in [5, 5.41) is 3.91. The Kier molecular flexibility index (Phi) is 5.69.